The Morgan fingerprint density at radius 2 is 1.73 bits per heavy atom. The summed E-state index contributed by atoms with van der Waals surface area (Å²) in [4.78, 5) is 28.3. The quantitative estimate of drug-likeness (QED) is 0.694. The normalized spacial score (nSPS) is 10.5. The average molecular weight is 349 g/mol. The van der Waals surface area contributed by atoms with Crippen LogP contribution in [0.2, 0.25) is 0 Å². The van der Waals surface area contributed by atoms with Gasteiger partial charge in [0.05, 0.1) is 24.0 Å². The topological polar surface area (TPSA) is 80.3 Å². The van der Waals surface area contributed by atoms with E-state index in [-0.39, 0.29) is 6.54 Å². The molecule has 0 radical (unpaired) electrons. The van der Waals surface area contributed by atoms with Gasteiger partial charge >= 0.3 is 11.8 Å². The first kappa shape index (κ1) is 17.6. The molecule has 0 aliphatic carbocycles. The second kappa shape index (κ2) is 8.22. The third kappa shape index (κ3) is 4.43. The molecule has 0 saturated carbocycles. The minimum atomic E-state index is -0.724. The molecule has 0 unspecified atom stereocenters. The Kier molecular flexibility index (Phi) is 5.56. The molecule has 1 heterocycles. The summed E-state index contributed by atoms with van der Waals surface area (Å²) in [6.07, 6.45) is 1.53. The van der Waals surface area contributed by atoms with Crippen LogP contribution in [0, 0.1) is 0 Å². The smallest absolute Gasteiger partial charge is 0.313 e. The monoisotopic (exact) mass is 349 g/mol. The Labute approximate surface area is 151 Å². The number of hydrogen-bond acceptors (Lipinski definition) is 4. The van der Waals surface area contributed by atoms with Crippen LogP contribution < -0.4 is 10.6 Å². The molecular formula is C20H19N3O3. The van der Waals surface area contributed by atoms with Gasteiger partial charge in [-0.3, -0.25) is 14.6 Å². The second-order valence-electron chi connectivity index (χ2n) is 5.80. The number of rotatable bonds is 5. The first-order valence-corrected chi connectivity index (χ1v) is 8.16. The summed E-state index contributed by atoms with van der Waals surface area (Å²) in [7, 11) is 1.64. The lowest BCUT2D eigenvalue weighted by Crippen LogP contribution is -2.34. The number of nitrogens with one attached hydrogen (secondary N) is 2. The van der Waals surface area contributed by atoms with Crippen LogP contribution in [-0.4, -0.2) is 23.9 Å². The van der Waals surface area contributed by atoms with E-state index in [4.69, 9.17) is 4.74 Å². The van der Waals surface area contributed by atoms with Gasteiger partial charge in [0.25, 0.3) is 0 Å². The van der Waals surface area contributed by atoms with E-state index in [1.54, 1.807) is 13.2 Å². The van der Waals surface area contributed by atoms with Crippen LogP contribution in [0.25, 0.3) is 10.9 Å². The van der Waals surface area contributed by atoms with Crippen LogP contribution in [0.4, 0.5) is 5.69 Å². The molecule has 0 spiro atoms. The molecule has 0 saturated heterocycles. The minimum Gasteiger partial charge on any atom is -0.380 e. The zero-order valence-corrected chi connectivity index (χ0v) is 14.4. The van der Waals surface area contributed by atoms with Crippen molar-refractivity contribution in [1.82, 2.24) is 10.3 Å². The highest BCUT2D eigenvalue weighted by atomic mass is 16.5. The highest BCUT2D eigenvalue weighted by molar-refractivity contribution is 6.39. The summed E-state index contributed by atoms with van der Waals surface area (Å²) in [5.74, 6) is -1.42. The molecular weight excluding hydrogens is 330 g/mol. The van der Waals surface area contributed by atoms with Crippen molar-refractivity contribution in [3.05, 3.63) is 71.9 Å². The summed E-state index contributed by atoms with van der Waals surface area (Å²) in [5, 5.41) is 6.06. The predicted octanol–water partition coefficient (Wildman–Crippen LogP) is 2.64. The average Bonchev–Trinajstić information content (AvgIpc) is 2.67. The molecule has 3 aromatic rings. The Bertz CT molecular complexity index is 923. The van der Waals surface area contributed by atoms with Crippen LogP contribution in [0.1, 0.15) is 11.1 Å². The highest BCUT2D eigenvalue weighted by Crippen LogP contribution is 2.15. The third-order valence-electron chi connectivity index (χ3n) is 3.84. The van der Waals surface area contributed by atoms with Crippen LogP contribution in [-0.2, 0) is 27.5 Å². The number of benzene rings is 2. The number of hydrogen-bond donors (Lipinski definition) is 2. The van der Waals surface area contributed by atoms with Crippen LogP contribution in [0.3, 0.4) is 0 Å². The summed E-state index contributed by atoms with van der Waals surface area (Å²) >= 11 is 0. The fourth-order valence-corrected chi connectivity index (χ4v) is 2.51. The number of nitrogens with zero attached hydrogens (tertiary/aromatic N) is 1. The van der Waals surface area contributed by atoms with Crippen molar-refractivity contribution < 1.29 is 14.3 Å². The molecule has 132 valence electrons. The predicted molar refractivity (Wildman–Crippen MR) is 99.4 cm³/mol. The molecule has 2 amide bonds. The van der Waals surface area contributed by atoms with Crippen LogP contribution in [0.5, 0.6) is 0 Å². The van der Waals surface area contributed by atoms with Crippen molar-refractivity contribution in [2.24, 2.45) is 0 Å². The highest BCUT2D eigenvalue weighted by Gasteiger charge is 2.13. The van der Waals surface area contributed by atoms with Crippen molar-refractivity contribution in [3.63, 3.8) is 0 Å². The largest absolute Gasteiger partial charge is 0.380 e. The lowest BCUT2D eigenvalue weighted by molar-refractivity contribution is -0.136. The number of aromatic nitrogens is 1. The fourth-order valence-electron chi connectivity index (χ4n) is 2.51. The van der Waals surface area contributed by atoms with Gasteiger partial charge < -0.3 is 15.4 Å². The van der Waals surface area contributed by atoms with E-state index < -0.39 is 11.8 Å². The van der Waals surface area contributed by atoms with Crippen molar-refractivity contribution in [2.75, 3.05) is 12.4 Å². The summed E-state index contributed by atoms with van der Waals surface area (Å²) in [6, 6.07) is 17.0. The maximum Gasteiger partial charge on any atom is 0.313 e. The van der Waals surface area contributed by atoms with E-state index in [9.17, 15) is 9.59 Å². The van der Waals surface area contributed by atoms with E-state index >= 15 is 0 Å². The lowest BCUT2D eigenvalue weighted by atomic mass is 10.1. The lowest BCUT2D eigenvalue weighted by Gasteiger charge is -2.08. The zero-order valence-electron chi connectivity index (χ0n) is 14.4. The van der Waals surface area contributed by atoms with Gasteiger partial charge in [0.1, 0.15) is 0 Å². The van der Waals surface area contributed by atoms with Gasteiger partial charge in [0, 0.05) is 19.0 Å². The number of anilines is 1. The summed E-state index contributed by atoms with van der Waals surface area (Å²) in [6.45, 7) is 0.810. The minimum absolute atomic E-state index is 0.273. The Morgan fingerprint density at radius 3 is 2.50 bits per heavy atom. The molecule has 6 nitrogen and oxygen atoms in total. The number of carbonyl (C=O) groups excluding carboxylic acids is 2. The number of methoxy groups -OCH3 is 1. The molecule has 0 aliphatic rings. The van der Waals surface area contributed by atoms with E-state index in [0.29, 0.717) is 12.3 Å². The maximum absolute atomic E-state index is 12.0. The number of para-hydroxylation sites is 1. The molecule has 0 fully saturated rings. The van der Waals surface area contributed by atoms with Crippen molar-refractivity contribution in [1.29, 1.82) is 0 Å². The number of pyridine rings is 1. The maximum atomic E-state index is 12.0. The molecule has 0 bridgehead atoms. The molecule has 0 aliphatic heterocycles. The van der Waals surface area contributed by atoms with E-state index in [1.807, 2.05) is 48.5 Å². The second-order valence-corrected chi connectivity index (χ2v) is 5.80. The van der Waals surface area contributed by atoms with E-state index in [2.05, 4.69) is 15.6 Å². The van der Waals surface area contributed by atoms with Gasteiger partial charge in [0.15, 0.2) is 0 Å². The molecule has 3 rings (SSSR count). The molecule has 2 N–H and O–H groups in total. The van der Waals surface area contributed by atoms with Gasteiger partial charge in [-0.2, -0.15) is 0 Å². The van der Waals surface area contributed by atoms with Crippen molar-refractivity contribution in [3.8, 4) is 0 Å². The zero-order chi connectivity index (χ0) is 18.4. The molecule has 1 aromatic heterocycles. The molecule has 6 heteroatoms. The number of fused-ring (bicyclic) bond motifs is 1. The summed E-state index contributed by atoms with van der Waals surface area (Å²) in [5.41, 5.74) is 3.25. The van der Waals surface area contributed by atoms with Crippen molar-refractivity contribution >= 4 is 28.4 Å². The number of amides is 2. The first-order chi connectivity index (χ1) is 12.7. The summed E-state index contributed by atoms with van der Waals surface area (Å²) < 4.78 is 5.05. The SMILES string of the molecule is COCc1ccc(CNC(=O)C(=O)Nc2cnc3ccccc3c2)cc1. The van der Waals surface area contributed by atoms with Gasteiger partial charge in [-0.15, -0.1) is 0 Å². The third-order valence-corrected chi connectivity index (χ3v) is 3.84. The van der Waals surface area contributed by atoms with Gasteiger partial charge in [-0.1, -0.05) is 42.5 Å². The van der Waals surface area contributed by atoms with Crippen LogP contribution >= 0.6 is 0 Å². The Hall–Kier alpha value is -3.25. The molecule has 26 heavy (non-hydrogen) atoms. The Balaban J connectivity index is 1.56. The van der Waals surface area contributed by atoms with Gasteiger partial charge in [0.2, 0.25) is 0 Å². The fraction of sp³-hybridized carbons (Fsp3) is 0.150. The Morgan fingerprint density at radius 1 is 1.00 bits per heavy atom. The van der Waals surface area contributed by atoms with Crippen LogP contribution in [0.15, 0.2) is 60.8 Å². The molecule has 2 aromatic carbocycles. The van der Waals surface area contributed by atoms with Gasteiger partial charge in [-0.25, -0.2) is 0 Å². The standard InChI is InChI=1S/C20H19N3O3/c1-26-13-15-8-6-14(7-9-15)11-22-19(24)20(25)23-17-10-16-4-2-3-5-18(16)21-12-17/h2-10,12H,11,13H2,1H3,(H,22,24)(H,23,25). The van der Waals surface area contributed by atoms with E-state index in [0.717, 1.165) is 22.0 Å². The van der Waals surface area contributed by atoms with Crippen molar-refractivity contribution in [2.45, 2.75) is 13.2 Å². The number of ether oxygens (including phenoxy) is 1. The molecule has 0 atom stereocenters. The number of carbonyl (C=O) groups is 2. The van der Waals surface area contributed by atoms with Gasteiger partial charge in [-0.05, 0) is 23.3 Å². The van der Waals surface area contributed by atoms with E-state index in [1.165, 1.54) is 6.20 Å². The first-order valence-electron chi connectivity index (χ1n) is 8.16.